The molecule has 2 aliphatic heterocycles. The Morgan fingerprint density at radius 2 is 1.84 bits per heavy atom. The highest BCUT2D eigenvalue weighted by molar-refractivity contribution is 5.50. The van der Waals surface area contributed by atoms with Crippen LogP contribution >= 0.6 is 0 Å². The number of hydrogen-bond donors (Lipinski definition) is 1. The molecule has 1 aromatic carbocycles. The first-order valence-corrected chi connectivity index (χ1v) is 6.85. The van der Waals surface area contributed by atoms with E-state index in [2.05, 4.69) is 59.5 Å². The SMILES string of the molecule is C=C1CCN(C2CN(c3ccc(C)cc3)C2)C(=C)N1. The highest BCUT2D eigenvalue weighted by atomic mass is 15.4. The predicted octanol–water partition coefficient (Wildman–Crippen LogP) is 2.46. The van der Waals surface area contributed by atoms with Gasteiger partial charge in [-0.15, -0.1) is 0 Å². The monoisotopic (exact) mass is 255 g/mol. The van der Waals surface area contributed by atoms with E-state index in [9.17, 15) is 0 Å². The summed E-state index contributed by atoms with van der Waals surface area (Å²) >= 11 is 0. The lowest BCUT2D eigenvalue weighted by Gasteiger charge is -2.49. The molecule has 2 heterocycles. The molecule has 3 rings (SSSR count). The largest absolute Gasteiger partial charge is 0.367 e. The Labute approximate surface area is 115 Å². The molecule has 0 aromatic heterocycles. The predicted molar refractivity (Wildman–Crippen MR) is 79.9 cm³/mol. The maximum Gasteiger partial charge on any atom is 0.0984 e. The molecule has 2 saturated heterocycles. The summed E-state index contributed by atoms with van der Waals surface area (Å²) in [6, 6.07) is 9.34. The fraction of sp³-hybridized carbons (Fsp3) is 0.375. The second kappa shape index (κ2) is 4.65. The van der Waals surface area contributed by atoms with Crippen molar-refractivity contribution in [2.45, 2.75) is 19.4 Å². The van der Waals surface area contributed by atoms with Crippen LogP contribution in [-0.2, 0) is 0 Å². The Bertz CT molecular complexity index is 497. The van der Waals surface area contributed by atoms with E-state index in [-0.39, 0.29) is 0 Å². The molecule has 0 bridgehead atoms. The number of hydrogen-bond acceptors (Lipinski definition) is 3. The quantitative estimate of drug-likeness (QED) is 0.876. The van der Waals surface area contributed by atoms with Gasteiger partial charge in [0, 0.05) is 37.4 Å². The van der Waals surface area contributed by atoms with Crippen molar-refractivity contribution in [2.75, 3.05) is 24.5 Å². The molecule has 0 radical (unpaired) electrons. The number of nitrogens with one attached hydrogen (secondary N) is 1. The van der Waals surface area contributed by atoms with Crippen molar-refractivity contribution in [3.8, 4) is 0 Å². The van der Waals surface area contributed by atoms with Gasteiger partial charge in [0.15, 0.2) is 0 Å². The smallest absolute Gasteiger partial charge is 0.0984 e. The van der Waals surface area contributed by atoms with Crippen LogP contribution in [-0.4, -0.2) is 30.6 Å². The van der Waals surface area contributed by atoms with E-state index in [1.54, 1.807) is 0 Å². The van der Waals surface area contributed by atoms with Crippen LogP contribution in [0.1, 0.15) is 12.0 Å². The van der Waals surface area contributed by atoms with Gasteiger partial charge >= 0.3 is 0 Å². The second-order valence-corrected chi connectivity index (χ2v) is 5.51. The minimum absolute atomic E-state index is 0.578. The van der Waals surface area contributed by atoms with Crippen LogP contribution in [0.3, 0.4) is 0 Å². The van der Waals surface area contributed by atoms with Crippen molar-refractivity contribution in [3.63, 3.8) is 0 Å². The lowest BCUT2D eigenvalue weighted by molar-refractivity contribution is 0.191. The van der Waals surface area contributed by atoms with Gasteiger partial charge in [0.05, 0.1) is 11.9 Å². The van der Waals surface area contributed by atoms with Crippen LogP contribution in [0.25, 0.3) is 0 Å². The summed E-state index contributed by atoms with van der Waals surface area (Å²) in [6.07, 6.45) is 1.01. The van der Waals surface area contributed by atoms with Gasteiger partial charge in [0.2, 0.25) is 0 Å². The molecule has 0 unspecified atom stereocenters. The Kier molecular flexibility index (Phi) is 2.97. The molecule has 0 amide bonds. The summed E-state index contributed by atoms with van der Waals surface area (Å²) in [4.78, 5) is 4.79. The Morgan fingerprint density at radius 1 is 1.16 bits per heavy atom. The molecule has 3 heteroatoms. The van der Waals surface area contributed by atoms with Crippen LogP contribution in [0.4, 0.5) is 5.69 Å². The molecule has 0 spiro atoms. The highest BCUT2D eigenvalue weighted by Crippen LogP contribution is 2.27. The van der Waals surface area contributed by atoms with E-state index >= 15 is 0 Å². The average Bonchev–Trinajstić information content (AvgIpc) is 2.32. The van der Waals surface area contributed by atoms with Crippen molar-refractivity contribution >= 4 is 5.69 Å². The van der Waals surface area contributed by atoms with Crippen molar-refractivity contribution < 1.29 is 0 Å². The number of aryl methyl sites for hydroxylation is 1. The number of nitrogens with zero attached hydrogens (tertiary/aromatic N) is 2. The number of anilines is 1. The molecular formula is C16H21N3. The molecule has 1 aromatic rings. The van der Waals surface area contributed by atoms with Gasteiger partial charge in [-0.25, -0.2) is 0 Å². The molecule has 100 valence electrons. The summed E-state index contributed by atoms with van der Waals surface area (Å²) in [5.74, 6) is 1.00. The third kappa shape index (κ3) is 2.33. The first-order chi connectivity index (χ1) is 9.13. The van der Waals surface area contributed by atoms with Crippen LogP contribution in [0.2, 0.25) is 0 Å². The highest BCUT2D eigenvalue weighted by Gasteiger charge is 2.33. The van der Waals surface area contributed by atoms with Gasteiger partial charge in [-0.3, -0.25) is 0 Å². The van der Waals surface area contributed by atoms with Crippen LogP contribution in [0, 0.1) is 6.92 Å². The van der Waals surface area contributed by atoms with Gasteiger partial charge in [-0.05, 0) is 19.1 Å². The van der Waals surface area contributed by atoms with Crippen molar-refractivity contribution in [1.82, 2.24) is 10.2 Å². The first-order valence-electron chi connectivity index (χ1n) is 6.85. The molecule has 3 nitrogen and oxygen atoms in total. The molecule has 19 heavy (non-hydrogen) atoms. The zero-order valence-electron chi connectivity index (χ0n) is 11.5. The Balaban J connectivity index is 1.59. The van der Waals surface area contributed by atoms with Crippen LogP contribution in [0.5, 0.6) is 0 Å². The van der Waals surface area contributed by atoms with Gasteiger partial charge < -0.3 is 15.1 Å². The topological polar surface area (TPSA) is 18.5 Å². The van der Waals surface area contributed by atoms with E-state index in [0.717, 1.165) is 37.6 Å². The van der Waals surface area contributed by atoms with E-state index in [1.165, 1.54) is 11.3 Å². The van der Waals surface area contributed by atoms with E-state index in [1.807, 2.05) is 0 Å². The number of benzene rings is 1. The average molecular weight is 255 g/mol. The van der Waals surface area contributed by atoms with E-state index in [4.69, 9.17) is 0 Å². The van der Waals surface area contributed by atoms with Crippen molar-refractivity contribution in [1.29, 1.82) is 0 Å². The maximum absolute atomic E-state index is 4.09. The summed E-state index contributed by atoms with van der Waals surface area (Å²) in [6.45, 7) is 13.4. The standard InChI is InChI=1S/C16H21N3/c1-12-4-6-15(7-5-12)18-10-16(11-18)19-9-8-13(2)17-14(19)3/h4-7,16-17H,2-3,8-11H2,1H3. The first kappa shape index (κ1) is 12.2. The molecule has 0 saturated carbocycles. The van der Waals surface area contributed by atoms with E-state index < -0.39 is 0 Å². The molecule has 2 aliphatic rings. The van der Waals surface area contributed by atoms with Gasteiger partial charge in [0.1, 0.15) is 0 Å². The van der Waals surface area contributed by atoms with Gasteiger partial charge in [-0.1, -0.05) is 30.9 Å². The molecule has 0 aliphatic carbocycles. The summed E-state index contributed by atoms with van der Waals surface area (Å²) in [5.41, 5.74) is 3.71. The molecule has 2 fully saturated rings. The lowest BCUT2D eigenvalue weighted by atomic mass is 10.0. The fourth-order valence-corrected chi connectivity index (χ4v) is 2.75. The summed E-state index contributed by atoms with van der Waals surface area (Å²) < 4.78 is 0. The lowest BCUT2D eigenvalue weighted by Crippen LogP contribution is -2.61. The van der Waals surface area contributed by atoms with Crippen LogP contribution < -0.4 is 10.2 Å². The second-order valence-electron chi connectivity index (χ2n) is 5.51. The maximum atomic E-state index is 4.09. The zero-order valence-corrected chi connectivity index (χ0v) is 11.5. The van der Waals surface area contributed by atoms with E-state index in [0.29, 0.717) is 6.04 Å². The zero-order chi connectivity index (χ0) is 13.4. The number of rotatable bonds is 2. The minimum Gasteiger partial charge on any atom is -0.367 e. The Hall–Kier alpha value is -1.90. The molecular weight excluding hydrogens is 234 g/mol. The summed E-state index contributed by atoms with van der Waals surface area (Å²) in [5, 5.41) is 3.26. The molecule has 0 atom stereocenters. The normalized spacial score (nSPS) is 20.3. The van der Waals surface area contributed by atoms with Crippen molar-refractivity contribution in [3.05, 3.63) is 54.5 Å². The van der Waals surface area contributed by atoms with Gasteiger partial charge in [0.25, 0.3) is 0 Å². The Morgan fingerprint density at radius 3 is 2.47 bits per heavy atom. The third-order valence-electron chi connectivity index (χ3n) is 4.02. The fourth-order valence-electron chi connectivity index (χ4n) is 2.75. The van der Waals surface area contributed by atoms with Crippen molar-refractivity contribution in [2.24, 2.45) is 0 Å². The van der Waals surface area contributed by atoms with Crippen LogP contribution in [0.15, 0.2) is 48.9 Å². The third-order valence-corrected chi connectivity index (χ3v) is 4.02. The minimum atomic E-state index is 0.578. The van der Waals surface area contributed by atoms with Gasteiger partial charge in [-0.2, -0.15) is 0 Å². The molecule has 1 N–H and O–H groups in total. The summed E-state index contributed by atoms with van der Waals surface area (Å²) in [7, 11) is 0.